The highest BCUT2D eigenvalue weighted by atomic mass is 32.1. The summed E-state index contributed by atoms with van der Waals surface area (Å²) in [6, 6.07) is 13.2. The maximum absolute atomic E-state index is 13.4. The lowest BCUT2D eigenvalue weighted by Gasteiger charge is -2.27. The zero-order valence-corrected chi connectivity index (χ0v) is 17.9. The average molecular weight is 435 g/mol. The fourth-order valence-electron chi connectivity index (χ4n) is 3.73. The molecule has 1 aliphatic heterocycles. The van der Waals surface area contributed by atoms with Crippen molar-refractivity contribution < 1.29 is 13.9 Å². The zero-order chi connectivity index (χ0) is 21.4. The number of nitrogen functional groups attached to an aromatic ring is 1. The summed E-state index contributed by atoms with van der Waals surface area (Å²) in [5, 5.41) is 0.686. The highest BCUT2D eigenvalue weighted by Crippen LogP contribution is 2.32. The third kappa shape index (κ3) is 3.97. The second-order valence-electron chi connectivity index (χ2n) is 7.55. The third-order valence-electron chi connectivity index (χ3n) is 5.37. The highest BCUT2D eigenvalue weighted by Gasteiger charge is 2.21. The number of nitrogens with two attached hydrogens (primary N) is 1. The number of aromatic nitrogens is 2. The number of hydrogen-bond acceptors (Lipinski definition) is 8. The van der Waals surface area contributed by atoms with Gasteiger partial charge in [-0.3, -0.25) is 9.69 Å². The van der Waals surface area contributed by atoms with Gasteiger partial charge < -0.3 is 14.9 Å². The van der Waals surface area contributed by atoms with Gasteiger partial charge in [-0.1, -0.05) is 24.3 Å². The zero-order valence-electron chi connectivity index (χ0n) is 17.1. The summed E-state index contributed by atoms with van der Waals surface area (Å²) in [6.07, 6.45) is 0. The molecular formula is C23H22N4O3S. The van der Waals surface area contributed by atoms with Crippen LogP contribution in [-0.2, 0) is 11.3 Å². The molecule has 1 fully saturated rings. The maximum atomic E-state index is 13.4. The molecule has 0 radical (unpaired) electrons. The van der Waals surface area contributed by atoms with Crippen molar-refractivity contribution in [2.24, 2.45) is 0 Å². The number of hydrogen-bond donors (Lipinski definition) is 1. The Balaban J connectivity index is 1.48. The number of nitrogens with zero attached hydrogens (tertiary/aromatic N) is 3. The van der Waals surface area contributed by atoms with Crippen LogP contribution in [-0.4, -0.2) is 47.0 Å². The Morgan fingerprint density at radius 1 is 1.16 bits per heavy atom. The lowest BCUT2D eigenvalue weighted by atomic mass is 10.0. The summed E-state index contributed by atoms with van der Waals surface area (Å²) in [6.45, 7) is 5.77. The van der Waals surface area contributed by atoms with E-state index >= 15 is 0 Å². The second-order valence-corrected chi connectivity index (χ2v) is 8.58. The molecule has 4 heterocycles. The first-order valence-corrected chi connectivity index (χ1v) is 11.0. The van der Waals surface area contributed by atoms with Crippen molar-refractivity contribution in [2.75, 3.05) is 32.0 Å². The normalized spacial score (nSPS) is 14.9. The Labute approximate surface area is 183 Å². The number of ketones is 1. The van der Waals surface area contributed by atoms with Gasteiger partial charge in [0, 0.05) is 25.2 Å². The molecule has 5 rings (SSSR count). The molecular weight excluding hydrogens is 412 g/mol. The molecule has 0 amide bonds. The fraction of sp³-hybridized carbons (Fsp3) is 0.261. The standard InChI is InChI=1S/C23H22N4O3S/c1-14-6-7-18(30-14)22-25-21(24)17-12-19(31-23(17)26-22)20(28)16-5-3-2-4-15(16)13-27-8-10-29-11-9-27/h2-7,12H,8-11,13H2,1H3,(H2,24,25,26). The van der Waals surface area contributed by atoms with Gasteiger partial charge in [0.1, 0.15) is 16.4 Å². The van der Waals surface area contributed by atoms with Gasteiger partial charge >= 0.3 is 0 Å². The summed E-state index contributed by atoms with van der Waals surface area (Å²) in [5.74, 6) is 2.07. The monoisotopic (exact) mass is 434 g/mol. The predicted molar refractivity (Wildman–Crippen MR) is 120 cm³/mol. The minimum atomic E-state index is -0.0262. The lowest BCUT2D eigenvalue weighted by Crippen LogP contribution is -2.36. The maximum Gasteiger partial charge on any atom is 0.203 e. The molecule has 1 aliphatic rings. The lowest BCUT2D eigenvalue weighted by molar-refractivity contribution is 0.0341. The van der Waals surface area contributed by atoms with E-state index in [-0.39, 0.29) is 5.78 Å². The van der Waals surface area contributed by atoms with Crippen molar-refractivity contribution in [3.8, 4) is 11.6 Å². The molecule has 31 heavy (non-hydrogen) atoms. The largest absolute Gasteiger partial charge is 0.458 e. The Morgan fingerprint density at radius 2 is 1.97 bits per heavy atom. The number of ether oxygens (including phenoxy) is 1. The molecule has 0 aliphatic carbocycles. The highest BCUT2D eigenvalue weighted by molar-refractivity contribution is 7.20. The molecule has 158 valence electrons. The van der Waals surface area contributed by atoms with Crippen LogP contribution in [0.5, 0.6) is 0 Å². The second kappa shape index (κ2) is 8.22. The van der Waals surface area contributed by atoms with Gasteiger partial charge in [0.2, 0.25) is 5.78 Å². The van der Waals surface area contributed by atoms with E-state index in [2.05, 4.69) is 14.9 Å². The molecule has 0 unspecified atom stereocenters. The van der Waals surface area contributed by atoms with Crippen LogP contribution in [0.15, 0.2) is 46.9 Å². The quantitative estimate of drug-likeness (QED) is 0.476. The summed E-state index contributed by atoms with van der Waals surface area (Å²) in [4.78, 5) is 25.9. The van der Waals surface area contributed by atoms with Crippen molar-refractivity contribution >= 4 is 33.2 Å². The van der Waals surface area contributed by atoms with Gasteiger partial charge in [-0.15, -0.1) is 11.3 Å². The molecule has 0 spiro atoms. The van der Waals surface area contributed by atoms with Gasteiger partial charge in [0.05, 0.1) is 23.5 Å². The smallest absolute Gasteiger partial charge is 0.203 e. The number of furan rings is 1. The van der Waals surface area contributed by atoms with Gasteiger partial charge in [0.15, 0.2) is 11.6 Å². The van der Waals surface area contributed by atoms with Crippen LogP contribution < -0.4 is 5.73 Å². The molecule has 2 N–H and O–H groups in total. The molecule has 0 saturated carbocycles. The summed E-state index contributed by atoms with van der Waals surface area (Å²) < 4.78 is 11.1. The number of aryl methyl sites for hydroxylation is 1. The van der Waals surface area contributed by atoms with E-state index in [1.54, 1.807) is 6.07 Å². The Morgan fingerprint density at radius 3 is 2.74 bits per heavy atom. The number of thiophene rings is 1. The summed E-state index contributed by atoms with van der Waals surface area (Å²) >= 11 is 1.33. The van der Waals surface area contributed by atoms with Crippen molar-refractivity contribution in [1.82, 2.24) is 14.9 Å². The Bertz CT molecular complexity index is 1260. The molecule has 8 heteroatoms. The molecule has 0 bridgehead atoms. The topological polar surface area (TPSA) is 94.5 Å². The number of benzene rings is 1. The third-order valence-corrected chi connectivity index (χ3v) is 6.39. The minimum Gasteiger partial charge on any atom is -0.458 e. The van der Waals surface area contributed by atoms with E-state index in [0.717, 1.165) is 44.2 Å². The van der Waals surface area contributed by atoms with Crippen LogP contribution in [0.4, 0.5) is 5.82 Å². The summed E-state index contributed by atoms with van der Waals surface area (Å²) in [7, 11) is 0. The predicted octanol–water partition coefficient (Wildman–Crippen LogP) is 3.91. The van der Waals surface area contributed by atoms with Crippen LogP contribution in [0, 0.1) is 6.92 Å². The first-order chi connectivity index (χ1) is 15.1. The SMILES string of the molecule is Cc1ccc(-c2nc(N)c3cc(C(=O)c4ccccc4CN4CCOCC4)sc3n2)o1. The number of carbonyl (C=O) groups is 1. The van der Waals surface area contributed by atoms with Crippen molar-refractivity contribution in [1.29, 1.82) is 0 Å². The molecule has 1 aromatic carbocycles. The fourth-order valence-corrected chi connectivity index (χ4v) is 4.73. The molecule has 3 aromatic heterocycles. The summed E-state index contributed by atoms with van der Waals surface area (Å²) in [5.41, 5.74) is 7.91. The van der Waals surface area contributed by atoms with E-state index in [4.69, 9.17) is 14.9 Å². The first kappa shape index (κ1) is 19.9. The van der Waals surface area contributed by atoms with Crippen LogP contribution in [0.25, 0.3) is 21.8 Å². The van der Waals surface area contributed by atoms with Crippen LogP contribution in [0.1, 0.15) is 26.6 Å². The number of anilines is 1. The van der Waals surface area contributed by atoms with Crippen LogP contribution in [0.3, 0.4) is 0 Å². The number of morpholine rings is 1. The van der Waals surface area contributed by atoms with E-state index in [0.29, 0.717) is 38.1 Å². The van der Waals surface area contributed by atoms with Gasteiger partial charge in [-0.05, 0) is 30.7 Å². The Hall–Kier alpha value is -3.07. The minimum absolute atomic E-state index is 0.0262. The van der Waals surface area contributed by atoms with Crippen molar-refractivity contribution in [3.05, 3.63) is 64.2 Å². The van der Waals surface area contributed by atoms with E-state index < -0.39 is 0 Å². The van der Waals surface area contributed by atoms with Gasteiger partial charge in [-0.25, -0.2) is 9.97 Å². The number of carbonyl (C=O) groups excluding carboxylic acids is 1. The van der Waals surface area contributed by atoms with E-state index in [1.807, 2.05) is 43.3 Å². The van der Waals surface area contributed by atoms with E-state index in [9.17, 15) is 4.79 Å². The molecule has 0 atom stereocenters. The Kier molecular flexibility index (Phi) is 5.27. The van der Waals surface area contributed by atoms with E-state index in [1.165, 1.54) is 11.3 Å². The molecule has 1 saturated heterocycles. The molecule has 7 nitrogen and oxygen atoms in total. The molecule has 4 aromatic rings. The van der Waals surface area contributed by atoms with Crippen LogP contribution >= 0.6 is 11.3 Å². The van der Waals surface area contributed by atoms with Crippen LogP contribution in [0.2, 0.25) is 0 Å². The van der Waals surface area contributed by atoms with Crippen molar-refractivity contribution in [2.45, 2.75) is 13.5 Å². The van der Waals surface area contributed by atoms with Gasteiger partial charge in [0.25, 0.3) is 0 Å². The number of rotatable bonds is 5. The van der Waals surface area contributed by atoms with Gasteiger partial charge in [-0.2, -0.15) is 0 Å². The average Bonchev–Trinajstić information content (AvgIpc) is 3.41. The van der Waals surface area contributed by atoms with Crippen molar-refractivity contribution in [3.63, 3.8) is 0 Å². The first-order valence-electron chi connectivity index (χ1n) is 10.1. The number of fused-ring (bicyclic) bond motifs is 1.